The molecule has 0 bridgehead atoms. The molecule has 1 N–H and O–H groups in total. The Labute approximate surface area is 209 Å². The Balaban J connectivity index is 0.00000245. The summed E-state index contributed by atoms with van der Waals surface area (Å²) in [4.78, 5) is 25.3. The van der Waals surface area contributed by atoms with E-state index >= 15 is 0 Å². The fourth-order valence-electron chi connectivity index (χ4n) is 4.37. The Morgan fingerprint density at radius 2 is 1.91 bits per heavy atom. The minimum absolute atomic E-state index is 0. The van der Waals surface area contributed by atoms with E-state index in [2.05, 4.69) is 52.3 Å². The Morgan fingerprint density at radius 1 is 1.12 bits per heavy atom. The van der Waals surface area contributed by atoms with Crippen molar-refractivity contribution in [1.82, 2.24) is 19.4 Å². The Kier molecular flexibility index (Phi) is 6.57. The molecule has 1 saturated heterocycles. The van der Waals surface area contributed by atoms with E-state index in [1.54, 1.807) is 12.3 Å². The van der Waals surface area contributed by atoms with Crippen LogP contribution in [0.5, 0.6) is 0 Å². The number of anilines is 3. The van der Waals surface area contributed by atoms with Gasteiger partial charge in [-0.15, -0.1) is 0 Å². The zero-order valence-corrected chi connectivity index (χ0v) is 20.8. The Morgan fingerprint density at radius 3 is 2.62 bits per heavy atom. The van der Waals surface area contributed by atoms with Crippen molar-refractivity contribution < 1.29 is 39.5 Å². The van der Waals surface area contributed by atoms with Gasteiger partial charge in [0, 0.05) is 66.8 Å². The van der Waals surface area contributed by atoms with Crippen LogP contribution in [0.15, 0.2) is 36.7 Å². The van der Waals surface area contributed by atoms with Gasteiger partial charge in [0.25, 0.3) is 0 Å². The van der Waals surface area contributed by atoms with E-state index in [0.717, 1.165) is 54.5 Å². The average Bonchev–Trinajstić information content (AvgIpc) is 3.21. The van der Waals surface area contributed by atoms with Crippen molar-refractivity contribution in [1.29, 1.82) is 0 Å². The van der Waals surface area contributed by atoms with Gasteiger partial charge in [0.2, 0.25) is 5.95 Å². The molecule has 0 aliphatic carbocycles. The number of carbonyl (C=O) groups is 1. The van der Waals surface area contributed by atoms with E-state index in [1.807, 2.05) is 10.8 Å². The minimum Gasteiger partial charge on any atom is -0.545 e. The topological polar surface area (TPSA) is 89.3 Å². The predicted octanol–water partition coefficient (Wildman–Crippen LogP) is -1.46. The molecule has 3 aromatic rings. The monoisotopic (exact) mass is 440 g/mol. The van der Waals surface area contributed by atoms with Crippen LogP contribution in [0.4, 0.5) is 17.3 Å². The molecule has 2 aliphatic heterocycles. The van der Waals surface area contributed by atoms with E-state index in [-0.39, 0.29) is 35.1 Å². The Bertz CT molecular complexity index is 1150. The zero-order valence-electron chi connectivity index (χ0n) is 18.8. The average molecular weight is 440 g/mol. The molecule has 8 nitrogen and oxygen atoms in total. The molecule has 1 fully saturated rings. The van der Waals surface area contributed by atoms with E-state index in [1.165, 1.54) is 5.69 Å². The normalized spacial score (nSPS) is 15.5. The van der Waals surface area contributed by atoms with Crippen molar-refractivity contribution in [2.75, 3.05) is 43.4 Å². The van der Waals surface area contributed by atoms with Crippen molar-refractivity contribution in [2.45, 2.75) is 19.8 Å². The summed E-state index contributed by atoms with van der Waals surface area (Å²) in [6.45, 7) is 6.29. The molecular weight excluding hydrogens is 415 g/mol. The molecule has 160 valence electrons. The number of benzene rings is 1. The van der Waals surface area contributed by atoms with E-state index in [0.29, 0.717) is 18.8 Å². The maximum atomic E-state index is 11.4. The maximum Gasteiger partial charge on any atom is 1.00 e. The maximum absolute atomic E-state index is 11.4. The van der Waals surface area contributed by atoms with Gasteiger partial charge in [-0.2, -0.15) is 4.98 Å². The van der Waals surface area contributed by atoms with Crippen molar-refractivity contribution in [3.8, 4) is 5.82 Å². The number of piperazine rings is 1. The second-order valence-electron chi connectivity index (χ2n) is 8.29. The predicted molar refractivity (Wildman–Crippen MR) is 117 cm³/mol. The molecular formula is C23H25N6NaO2. The molecule has 2 aromatic heterocycles. The van der Waals surface area contributed by atoms with Crippen molar-refractivity contribution >= 4 is 23.3 Å². The van der Waals surface area contributed by atoms with Gasteiger partial charge in [0.15, 0.2) is 0 Å². The number of carbonyl (C=O) groups excluding carboxylic acids is 1. The number of fused-ring (bicyclic) bond motifs is 3. The molecule has 0 atom stereocenters. The fraction of sp³-hybridized carbons (Fsp3) is 0.348. The number of likely N-dealkylation sites (N-methyl/N-ethyl adjacent to an activating group) is 1. The molecule has 1 aromatic carbocycles. The third-order valence-electron chi connectivity index (χ3n) is 6.24. The smallest absolute Gasteiger partial charge is 0.545 e. The van der Waals surface area contributed by atoms with Gasteiger partial charge in [0.05, 0.1) is 5.97 Å². The van der Waals surface area contributed by atoms with Crippen LogP contribution in [-0.4, -0.2) is 58.6 Å². The first-order valence-corrected chi connectivity index (χ1v) is 10.6. The molecule has 32 heavy (non-hydrogen) atoms. The van der Waals surface area contributed by atoms with E-state index < -0.39 is 5.97 Å². The van der Waals surface area contributed by atoms with Crippen LogP contribution in [0.1, 0.15) is 27.2 Å². The number of nitrogens with one attached hydrogen (secondary N) is 1. The largest absolute Gasteiger partial charge is 1.00 e. The minimum atomic E-state index is -1.15. The Hall–Kier alpha value is -2.39. The van der Waals surface area contributed by atoms with Crippen LogP contribution < -0.4 is 44.9 Å². The second kappa shape index (κ2) is 9.23. The quantitative estimate of drug-likeness (QED) is 0.496. The van der Waals surface area contributed by atoms with Crippen LogP contribution in [0.3, 0.4) is 0 Å². The summed E-state index contributed by atoms with van der Waals surface area (Å²) in [6.07, 6.45) is 4.90. The second-order valence-corrected chi connectivity index (χ2v) is 8.29. The zero-order chi connectivity index (χ0) is 21.5. The van der Waals surface area contributed by atoms with Crippen molar-refractivity contribution in [3.05, 3.63) is 59.0 Å². The van der Waals surface area contributed by atoms with Gasteiger partial charge in [0.1, 0.15) is 5.82 Å². The number of nitrogens with zero attached hydrogens (tertiary/aromatic N) is 5. The van der Waals surface area contributed by atoms with Gasteiger partial charge in [-0.3, -0.25) is 0 Å². The molecule has 2 aliphatic rings. The van der Waals surface area contributed by atoms with E-state index in [4.69, 9.17) is 4.98 Å². The number of aromatic carboxylic acids is 1. The van der Waals surface area contributed by atoms with Crippen molar-refractivity contribution in [3.63, 3.8) is 0 Å². The first kappa shape index (κ1) is 22.8. The summed E-state index contributed by atoms with van der Waals surface area (Å²) in [7, 11) is 2.16. The van der Waals surface area contributed by atoms with Gasteiger partial charge in [-0.1, -0.05) is 0 Å². The molecule has 0 unspecified atom stereocenters. The van der Waals surface area contributed by atoms with Crippen LogP contribution >= 0.6 is 0 Å². The SMILES string of the molecule is Cc1cc(N2CCN(C)CC2)ccc1Nc1ncc2c(n1)-n1ccc(C(=O)[O-])c1CC2.[Na+]. The standard InChI is InChI=1S/C23H26N6O2.Na/c1-15-13-17(28-11-9-27(2)10-12-28)4-5-19(15)25-23-24-14-16-3-6-20-18(22(30)31)7-8-29(20)21(16)26-23;/h4-5,7-8,13-14H,3,6,9-12H2,1-2H3,(H,30,31)(H,24,25,26);/q;+1/p-1. The molecule has 0 amide bonds. The number of hydrogen-bond acceptors (Lipinski definition) is 7. The summed E-state index contributed by atoms with van der Waals surface area (Å²) in [5.41, 5.74) is 5.27. The molecule has 0 radical (unpaired) electrons. The summed E-state index contributed by atoms with van der Waals surface area (Å²) in [6, 6.07) is 7.98. The van der Waals surface area contributed by atoms with Gasteiger partial charge in [-0.05, 0) is 56.6 Å². The number of aromatic nitrogens is 3. The first-order valence-electron chi connectivity index (χ1n) is 10.6. The number of carboxylic acids is 1. The third-order valence-corrected chi connectivity index (χ3v) is 6.24. The summed E-state index contributed by atoms with van der Waals surface area (Å²) in [5, 5.41) is 14.7. The summed E-state index contributed by atoms with van der Waals surface area (Å²) < 4.78 is 1.83. The summed E-state index contributed by atoms with van der Waals surface area (Å²) in [5.74, 6) is 0.0596. The molecule has 5 rings (SSSR count). The summed E-state index contributed by atoms with van der Waals surface area (Å²) >= 11 is 0. The molecule has 4 heterocycles. The van der Waals surface area contributed by atoms with Crippen LogP contribution in [0, 0.1) is 6.92 Å². The molecule has 0 saturated carbocycles. The fourth-order valence-corrected chi connectivity index (χ4v) is 4.37. The van der Waals surface area contributed by atoms with Gasteiger partial charge < -0.3 is 29.6 Å². The number of carboxylic acid groups (broad SMARTS) is 1. The number of hydrogen-bond donors (Lipinski definition) is 1. The van der Waals surface area contributed by atoms with Crippen molar-refractivity contribution in [2.24, 2.45) is 0 Å². The van der Waals surface area contributed by atoms with Gasteiger partial charge >= 0.3 is 29.6 Å². The first-order chi connectivity index (χ1) is 15.0. The third kappa shape index (κ3) is 4.28. The van der Waals surface area contributed by atoms with Crippen LogP contribution in [0.2, 0.25) is 0 Å². The molecule has 0 spiro atoms. The molecule has 9 heteroatoms. The van der Waals surface area contributed by atoms with E-state index in [9.17, 15) is 9.90 Å². The number of aryl methyl sites for hydroxylation is 2. The van der Waals surface area contributed by atoms with Crippen LogP contribution in [-0.2, 0) is 12.8 Å². The van der Waals surface area contributed by atoms with Gasteiger partial charge in [-0.25, -0.2) is 4.98 Å². The van der Waals surface area contributed by atoms with Crippen LogP contribution in [0.25, 0.3) is 5.82 Å². The number of rotatable bonds is 4.